The Bertz CT molecular complexity index is 1830. The van der Waals surface area contributed by atoms with Crippen molar-refractivity contribution in [3.63, 3.8) is 0 Å². The third-order valence-electron chi connectivity index (χ3n) is 6.99. The van der Waals surface area contributed by atoms with Crippen LogP contribution in [0.25, 0.3) is 16.8 Å². The van der Waals surface area contributed by atoms with Gasteiger partial charge >= 0.3 is 0 Å². The summed E-state index contributed by atoms with van der Waals surface area (Å²) >= 11 is 1.37. The van der Waals surface area contributed by atoms with Crippen LogP contribution in [0, 0.1) is 13.8 Å². The van der Waals surface area contributed by atoms with Crippen LogP contribution in [0.1, 0.15) is 27.0 Å². The fourth-order valence-electron chi connectivity index (χ4n) is 4.56. The standard InChI is InChI=1S/C36H31N3O3S/c1-24-11-8-20-32(25(24)2)38-34(40)23-43-30-18-10-17-29(22-30)37-36(42)33(39-35(41)27-13-4-3-5-14-27)21-28-16-9-15-26-12-6-7-19-31(26)28/h3-22H,23H2,1-2H3,(H,37,42)(H,38,40)(H,39,41)/b33-21+. The van der Waals surface area contributed by atoms with E-state index >= 15 is 0 Å². The van der Waals surface area contributed by atoms with Crippen molar-refractivity contribution in [2.45, 2.75) is 18.7 Å². The SMILES string of the molecule is Cc1cccc(NC(=O)CSc2cccc(NC(=O)/C(=C\c3cccc4ccccc34)NC(=O)c3ccccc3)c2)c1C. The van der Waals surface area contributed by atoms with Gasteiger partial charge in [0.05, 0.1) is 5.75 Å². The van der Waals surface area contributed by atoms with E-state index in [0.717, 1.165) is 38.0 Å². The number of nitrogens with one attached hydrogen (secondary N) is 3. The molecule has 214 valence electrons. The maximum absolute atomic E-state index is 13.6. The van der Waals surface area contributed by atoms with E-state index in [2.05, 4.69) is 16.0 Å². The number of carbonyl (C=O) groups excluding carboxylic acids is 3. The van der Waals surface area contributed by atoms with Crippen LogP contribution >= 0.6 is 11.8 Å². The number of amides is 3. The summed E-state index contributed by atoms with van der Waals surface area (Å²) in [7, 11) is 0. The molecule has 0 saturated heterocycles. The van der Waals surface area contributed by atoms with Crippen LogP contribution in [0.15, 0.2) is 126 Å². The van der Waals surface area contributed by atoms with Crippen LogP contribution in [-0.4, -0.2) is 23.5 Å². The highest BCUT2D eigenvalue weighted by Crippen LogP contribution is 2.25. The average Bonchev–Trinajstić information content (AvgIpc) is 3.02. The maximum atomic E-state index is 13.6. The number of fused-ring (bicyclic) bond motifs is 1. The normalized spacial score (nSPS) is 11.2. The van der Waals surface area contributed by atoms with Crippen molar-refractivity contribution in [2.24, 2.45) is 0 Å². The minimum Gasteiger partial charge on any atom is -0.325 e. The van der Waals surface area contributed by atoms with Crippen LogP contribution in [0.4, 0.5) is 11.4 Å². The summed E-state index contributed by atoms with van der Waals surface area (Å²) in [6, 6.07) is 35.6. The van der Waals surface area contributed by atoms with Gasteiger partial charge in [-0.2, -0.15) is 0 Å². The van der Waals surface area contributed by atoms with Gasteiger partial charge in [0.1, 0.15) is 5.70 Å². The van der Waals surface area contributed by atoms with Gasteiger partial charge in [-0.15, -0.1) is 11.8 Å². The minimum atomic E-state index is -0.466. The molecule has 0 radical (unpaired) electrons. The molecule has 0 saturated carbocycles. The van der Waals surface area contributed by atoms with E-state index < -0.39 is 5.91 Å². The first-order valence-corrected chi connectivity index (χ1v) is 14.8. The molecule has 5 rings (SSSR count). The van der Waals surface area contributed by atoms with E-state index in [-0.39, 0.29) is 23.3 Å². The number of hydrogen-bond acceptors (Lipinski definition) is 4. The summed E-state index contributed by atoms with van der Waals surface area (Å²) in [6.07, 6.45) is 1.69. The zero-order valence-corrected chi connectivity index (χ0v) is 24.7. The summed E-state index contributed by atoms with van der Waals surface area (Å²) in [5, 5.41) is 10.7. The van der Waals surface area contributed by atoms with Crippen molar-refractivity contribution in [1.82, 2.24) is 5.32 Å². The second-order valence-electron chi connectivity index (χ2n) is 10.0. The second kappa shape index (κ2) is 13.7. The molecule has 0 fully saturated rings. The van der Waals surface area contributed by atoms with Gasteiger partial charge in [0.15, 0.2) is 0 Å². The van der Waals surface area contributed by atoms with Crippen molar-refractivity contribution >= 4 is 57.7 Å². The average molecular weight is 586 g/mol. The zero-order valence-electron chi connectivity index (χ0n) is 23.9. The van der Waals surface area contributed by atoms with Crippen molar-refractivity contribution in [3.8, 4) is 0 Å². The van der Waals surface area contributed by atoms with Gasteiger partial charge in [-0.25, -0.2) is 0 Å². The van der Waals surface area contributed by atoms with Gasteiger partial charge in [-0.05, 0) is 83.8 Å². The molecule has 0 aliphatic rings. The molecule has 0 atom stereocenters. The summed E-state index contributed by atoms with van der Waals surface area (Å²) in [5.74, 6) is -0.755. The lowest BCUT2D eigenvalue weighted by Gasteiger charge is -2.13. The van der Waals surface area contributed by atoms with Crippen LogP contribution in [0.2, 0.25) is 0 Å². The number of carbonyl (C=O) groups is 3. The number of hydrogen-bond donors (Lipinski definition) is 3. The van der Waals surface area contributed by atoms with Crippen LogP contribution in [0.3, 0.4) is 0 Å². The molecule has 6 nitrogen and oxygen atoms in total. The lowest BCUT2D eigenvalue weighted by molar-refractivity contribution is -0.114. The first-order chi connectivity index (χ1) is 20.9. The Morgan fingerprint density at radius 3 is 2.30 bits per heavy atom. The molecule has 5 aromatic rings. The zero-order chi connectivity index (χ0) is 30.2. The predicted molar refractivity (Wildman–Crippen MR) is 176 cm³/mol. The lowest BCUT2D eigenvalue weighted by atomic mass is 10.0. The van der Waals surface area contributed by atoms with E-state index in [0.29, 0.717) is 11.3 Å². The molecule has 3 amide bonds. The summed E-state index contributed by atoms with van der Waals surface area (Å²) in [6.45, 7) is 3.99. The fourth-order valence-corrected chi connectivity index (χ4v) is 5.31. The smallest absolute Gasteiger partial charge is 0.272 e. The monoisotopic (exact) mass is 585 g/mol. The third kappa shape index (κ3) is 7.58. The van der Waals surface area contributed by atoms with E-state index in [1.165, 1.54) is 11.8 Å². The summed E-state index contributed by atoms with van der Waals surface area (Å²) in [4.78, 5) is 40.1. The highest BCUT2D eigenvalue weighted by molar-refractivity contribution is 8.00. The van der Waals surface area contributed by atoms with Gasteiger partial charge < -0.3 is 16.0 Å². The van der Waals surface area contributed by atoms with Crippen LogP contribution in [-0.2, 0) is 9.59 Å². The highest BCUT2D eigenvalue weighted by atomic mass is 32.2. The number of rotatable bonds is 9. The lowest BCUT2D eigenvalue weighted by Crippen LogP contribution is -2.30. The largest absolute Gasteiger partial charge is 0.325 e. The quantitative estimate of drug-likeness (QED) is 0.123. The van der Waals surface area contributed by atoms with Crippen molar-refractivity contribution < 1.29 is 14.4 Å². The van der Waals surface area contributed by atoms with E-state index in [9.17, 15) is 14.4 Å². The van der Waals surface area contributed by atoms with Gasteiger partial charge in [0.2, 0.25) is 5.91 Å². The molecule has 0 aliphatic carbocycles. The van der Waals surface area contributed by atoms with Gasteiger partial charge in [-0.3, -0.25) is 14.4 Å². The maximum Gasteiger partial charge on any atom is 0.272 e. The fraction of sp³-hybridized carbons (Fsp3) is 0.0833. The molecule has 0 bridgehead atoms. The van der Waals surface area contributed by atoms with Crippen molar-refractivity contribution in [1.29, 1.82) is 0 Å². The molecule has 0 heterocycles. The molecule has 0 unspecified atom stereocenters. The molecular formula is C36H31N3O3S. The Labute approximate surface area is 255 Å². The molecular weight excluding hydrogens is 554 g/mol. The molecule has 5 aromatic carbocycles. The summed E-state index contributed by atoms with van der Waals surface area (Å²) in [5.41, 5.74) is 4.85. The van der Waals surface area contributed by atoms with Gasteiger partial charge in [-0.1, -0.05) is 78.9 Å². The summed E-state index contributed by atoms with van der Waals surface area (Å²) < 4.78 is 0. The number of thioether (sulfide) groups is 1. The van der Waals surface area contributed by atoms with Crippen molar-refractivity contribution in [2.75, 3.05) is 16.4 Å². The van der Waals surface area contributed by atoms with E-state index in [1.807, 2.05) is 98.8 Å². The highest BCUT2D eigenvalue weighted by Gasteiger charge is 2.16. The van der Waals surface area contributed by atoms with Gasteiger partial charge in [0.25, 0.3) is 11.8 Å². The predicted octanol–water partition coefficient (Wildman–Crippen LogP) is 7.60. The first kappa shape index (κ1) is 29.4. The van der Waals surface area contributed by atoms with E-state index in [1.54, 1.807) is 36.4 Å². The first-order valence-electron chi connectivity index (χ1n) is 13.8. The topological polar surface area (TPSA) is 87.3 Å². The Balaban J connectivity index is 1.33. The molecule has 3 N–H and O–H groups in total. The molecule has 0 aromatic heterocycles. The minimum absolute atomic E-state index is 0.108. The molecule has 0 aliphatic heterocycles. The Hall–Kier alpha value is -5.14. The van der Waals surface area contributed by atoms with Gasteiger partial charge in [0, 0.05) is 21.8 Å². The molecule has 43 heavy (non-hydrogen) atoms. The second-order valence-corrected chi connectivity index (χ2v) is 11.1. The Morgan fingerprint density at radius 1 is 0.744 bits per heavy atom. The number of anilines is 2. The Morgan fingerprint density at radius 2 is 1.47 bits per heavy atom. The van der Waals surface area contributed by atoms with Crippen LogP contribution in [0.5, 0.6) is 0 Å². The van der Waals surface area contributed by atoms with E-state index in [4.69, 9.17) is 0 Å². The van der Waals surface area contributed by atoms with Crippen molar-refractivity contribution in [3.05, 3.63) is 143 Å². The van der Waals surface area contributed by atoms with Crippen LogP contribution < -0.4 is 16.0 Å². The third-order valence-corrected chi connectivity index (χ3v) is 7.99. The molecule has 0 spiro atoms. The molecule has 7 heteroatoms. The number of benzene rings is 5. The number of aryl methyl sites for hydroxylation is 1. The Kier molecular flexibility index (Phi) is 9.34.